The van der Waals surface area contributed by atoms with E-state index < -0.39 is 86.1 Å². The lowest BCUT2D eigenvalue weighted by Gasteiger charge is -2.35. The molecule has 4 aromatic rings. The van der Waals surface area contributed by atoms with Gasteiger partial charge in [0.2, 0.25) is 17.7 Å². The maximum atomic E-state index is 15.3. The number of pyridine rings is 2. The van der Waals surface area contributed by atoms with E-state index >= 15 is 4.39 Å². The van der Waals surface area contributed by atoms with Crippen molar-refractivity contribution in [2.45, 2.75) is 71.3 Å². The molecule has 24 heteroatoms. The van der Waals surface area contributed by atoms with Gasteiger partial charge in [-0.1, -0.05) is 45.0 Å². The number of benzene rings is 1. The number of thiazole rings is 1. The number of aliphatic hydroxyl groups excluding tert-OH is 1. The van der Waals surface area contributed by atoms with Gasteiger partial charge in [-0.15, -0.1) is 11.3 Å². The van der Waals surface area contributed by atoms with E-state index in [-0.39, 0.29) is 99.4 Å². The minimum absolute atomic E-state index is 0.0181. The summed E-state index contributed by atoms with van der Waals surface area (Å²) in [5.74, 6) is -4.81. The summed E-state index contributed by atoms with van der Waals surface area (Å²) in [6.45, 7) is 7.73. The highest BCUT2D eigenvalue weighted by molar-refractivity contribution is 7.91. The Bertz CT molecular complexity index is 3190. The van der Waals surface area contributed by atoms with Crippen molar-refractivity contribution < 1.29 is 55.7 Å². The van der Waals surface area contributed by atoms with Crippen LogP contribution in [0, 0.1) is 24.0 Å². The number of nitrogens with one attached hydrogen (secondary N) is 4. The van der Waals surface area contributed by atoms with Gasteiger partial charge < -0.3 is 55.0 Å². The molecule has 0 saturated carbocycles. The summed E-state index contributed by atoms with van der Waals surface area (Å²) in [4.78, 5) is 81.1. The first kappa shape index (κ1) is 56.5. The molecule has 1 unspecified atom stereocenters. The second-order valence-corrected chi connectivity index (χ2v) is 23.3. The fourth-order valence-corrected chi connectivity index (χ4v) is 11.5. The normalized spacial score (nSPS) is 18.6. The third-order valence-electron chi connectivity index (χ3n) is 13.5. The van der Waals surface area contributed by atoms with E-state index in [0.717, 1.165) is 34.2 Å². The molecule has 5 N–H and O–H groups in total. The summed E-state index contributed by atoms with van der Waals surface area (Å²) in [6, 6.07) is 7.41. The van der Waals surface area contributed by atoms with E-state index in [0.29, 0.717) is 30.3 Å². The number of β-amino-alcohol motifs (C(OH)–C–C–N with tert-alkyl or cyclic N) is 1. The Morgan fingerprint density at radius 3 is 2.39 bits per heavy atom. The lowest BCUT2D eigenvalue weighted by molar-refractivity contribution is -0.144. The van der Waals surface area contributed by atoms with Gasteiger partial charge in [-0.05, 0) is 47.1 Å². The lowest BCUT2D eigenvalue weighted by Crippen LogP contribution is -2.58. The maximum absolute atomic E-state index is 15.3. The Labute approximate surface area is 448 Å². The first-order chi connectivity index (χ1) is 36.6. The summed E-state index contributed by atoms with van der Waals surface area (Å²) in [7, 11) is -2.27. The number of carbonyl (C=O) groups excluding carboxylic acids is 4. The predicted molar refractivity (Wildman–Crippen MR) is 283 cm³/mol. The van der Waals surface area contributed by atoms with Crippen LogP contribution >= 0.6 is 11.3 Å². The van der Waals surface area contributed by atoms with Crippen LogP contribution < -0.4 is 31.7 Å². The zero-order valence-electron chi connectivity index (χ0n) is 43.6. The van der Waals surface area contributed by atoms with Crippen LogP contribution in [0.4, 0.5) is 14.6 Å². The number of nitrogens with zero attached hydrogens (tertiary/aromatic N) is 5. The van der Waals surface area contributed by atoms with E-state index in [4.69, 9.17) is 14.2 Å². The van der Waals surface area contributed by atoms with Gasteiger partial charge in [-0.3, -0.25) is 24.0 Å². The third kappa shape index (κ3) is 13.0. The van der Waals surface area contributed by atoms with Crippen LogP contribution in [-0.4, -0.2) is 152 Å². The van der Waals surface area contributed by atoms with Crippen molar-refractivity contribution in [1.29, 1.82) is 0 Å². The predicted octanol–water partition coefficient (Wildman–Crippen LogP) is 2.75. The van der Waals surface area contributed by atoms with Gasteiger partial charge in [0.05, 0.1) is 90.0 Å². The number of ether oxygens (including phenoxy) is 3. The minimum atomic E-state index is -3.82. The quantitative estimate of drug-likeness (QED) is 0.0753. The average Bonchev–Trinajstić information content (AvgIpc) is 4.32. The number of hydrogen-bond acceptors (Lipinski definition) is 16. The number of halogens is 2. The molecule has 3 aromatic heterocycles. The molecule has 0 bridgehead atoms. The molecule has 77 heavy (non-hydrogen) atoms. The Morgan fingerprint density at radius 1 is 1.00 bits per heavy atom. The van der Waals surface area contributed by atoms with Crippen molar-refractivity contribution in [3.8, 4) is 10.4 Å². The molecule has 0 spiro atoms. The summed E-state index contributed by atoms with van der Waals surface area (Å²) >= 11 is 1.55. The van der Waals surface area contributed by atoms with Crippen LogP contribution in [-0.2, 0) is 56.8 Å². The standard InChI is InChI=1S/C53H63F2N9O11S2/c1-30-46(76-29-60-30)32-9-7-31(8-10-32)23-59-49(67)40-22-34(65)25-64(40)52(70)47(53(2,3)4)61-41(66)27-75-20-19-74-18-17-73-16-14-57-50(68)42-36-26-63(48-38(55)21-33(54)24-58-48)39-11-13-56-45(43(36)39)44-35(12-15-62(5)51(44)69)37(42)28-77(6,71)72/h7-10,12,15,21,24,26,29,34,39-40,47,56,65H,11,13-14,16-20,22-23,25,27-28H2,1-6H3,(H,57,68)(H,59,67)(H,61,66)/t34-,39?,40+,47-/m1/s1. The number of likely N-dealkylation sites (tertiary alicyclic amines) is 1. The van der Waals surface area contributed by atoms with Crippen molar-refractivity contribution in [3.05, 3.63) is 122 Å². The third-order valence-corrected chi connectivity index (χ3v) is 15.3. The molecule has 1 aromatic carbocycles. The van der Waals surface area contributed by atoms with E-state index in [9.17, 15) is 41.9 Å². The van der Waals surface area contributed by atoms with Crippen LogP contribution in [0.1, 0.15) is 56.0 Å². The summed E-state index contributed by atoms with van der Waals surface area (Å²) in [5, 5.41) is 22.3. The number of aryl methyl sites for hydroxylation is 2. The van der Waals surface area contributed by atoms with E-state index in [1.165, 1.54) is 26.8 Å². The number of hydrogen-bond donors (Lipinski definition) is 5. The zero-order valence-corrected chi connectivity index (χ0v) is 45.2. The maximum Gasteiger partial charge on any atom is 0.260 e. The number of sulfone groups is 1. The molecule has 0 radical (unpaired) electrons. The zero-order chi connectivity index (χ0) is 55.3. The second-order valence-electron chi connectivity index (χ2n) is 20.4. The Morgan fingerprint density at radius 2 is 1.71 bits per heavy atom. The Hall–Kier alpha value is -6.70. The molecule has 1 aliphatic carbocycles. The van der Waals surface area contributed by atoms with Gasteiger partial charge in [0.25, 0.3) is 11.5 Å². The van der Waals surface area contributed by atoms with Crippen molar-refractivity contribution in [3.63, 3.8) is 0 Å². The first-order valence-corrected chi connectivity index (χ1v) is 28.0. The lowest BCUT2D eigenvalue weighted by atomic mass is 9.85. The topological polar surface area (TPSA) is 253 Å². The number of aromatic nitrogens is 3. The van der Waals surface area contributed by atoms with Crippen LogP contribution in [0.3, 0.4) is 0 Å². The van der Waals surface area contributed by atoms with Crippen molar-refractivity contribution in [2.75, 3.05) is 76.2 Å². The monoisotopic (exact) mass is 1100 g/mol. The largest absolute Gasteiger partial charge is 0.391 e. The molecule has 412 valence electrons. The molecule has 1 saturated heterocycles. The molecule has 20 nitrogen and oxygen atoms in total. The van der Waals surface area contributed by atoms with E-state index in [1.807, 2.05) is 31.2 Å². The summed E-state index contributed by atoms with van der Waals surface area (Å²) < 4.78 is 73.6. The second kappa shape index (κ2) is 23.9. The molecule has 6 heterocycles. The molecule has 4 amide bonds. The minimum Gasteiger partial charge on any atom is -0.391 e. The van der Waals surface area contributed by atoms with Gasteiger partial charge >= 0.3 is 0 Å². The van der Waals surface area contributed by atoms with Gasteiger partial charge in [0.1, 0.15) is 24.5 Å². The highest BCUT2D eigenvalue weighted by Gasteiger charge is 2.46. The molecule has 3 aliphatic heterocycles. The highest BCUT2D eigenvalue weighted by atomic mass is 32.2. The number of fused-ring (bicyclic) bond motifs is 2. The van der Waals surface area contributed by atoms with Gasteiger partial charge in [-0.25, -0.2) is 27.2 Å². The smallest absolute Gasteiger partial charge is 0.260 e. The first-order valence-electron chi connectivity index (χ1n) is 25.1. The highest BCUT2D eigenvalue weighted by Crippen LogP contribution is 2.47. The van der Waals surface area contributed by atoms with Gasteiger partial charge in [-0.2, -0.15) is 0 Å². The number of anilines is 1. The summed E-state index contributed by atoms with van der Waals surface area (Å²) in [5.41, 5.74) is 4.92. The van der Waals surface area contributed by atoms with Gasteiger partial charge in [0, 0.05) is 75.5 Å². The van der Waals surface area contributed by atoms with Gasteiger partial charge in [0.15, 0.2) is 21.5 Å². The number of aliphatic hydroxyl groups is 1. The van der Waals surface area contributed by atoms with Crippen LogP contribution in [0.15, 0.2) is 82.0 Å². The van der Waals surface area contributed by atoms with Crippen LogP contribution in [0.25, 0.3) is 21.7 Å². The molecule has 1 fully saturated rings. The van der Waals surface area contributed by atoms with Crippen molar-refractivity contribution in [2.24, 2.45) is 12.5 Å². The molecular weight excluding hydrogens is 1040 g/mol. The molecule has 8 rings (SSSR count). The fraction of sp³-hybridized carbons (Fsp3) is 0.453. The number of amides is 4. The average molecular weight is 1100 g/mol. The van der Waals surface area contributed by atoms with Crippen molar-refractivity contribution in [1.82, 2.24) is 40.7 Å². The number of carbonyl (C=O) groups is 4. The molecule has 4 aliphatic rings. The van der Waals surface area contributed by atoms with E-state index in [2.05, 4.69) is 31.2 Å². The Kier molecular flexibility index (Phi) is 17.5. The van der Waals surface area contributed by atoms with E-state index in [1.54, 1.807) is 50.7 Å². The number of rotatable bonds is 21. The molecule has 4 atom stereocenters. The van der Waals surface area contributed by atoms with Crippen LogP contribution in [0.2, 0.25) is 0 Å². The molecular formula is C53H63F2N9O11S2. The summed E-state index contributed by atoms with van der Waals surface area (Å²) in [6.07, 6.45) is 4.37. The van der Waals surface area contributed by atoms with Crippen molar-refractivity contribution >= 4 is 61.9 Å². The van der Waals surface area contributed by atoms with Crippen LogP contribution in [0.5, 0.6) is 0 Å². The SMILES string of the molecule is Cc1ncsc1-c1ccc(CNC(=O)[C@@H]2C[C@@H](O)CN2C(=O)[C@@H](NC(=O)COCCOCCOCCNC(=O)C2=C(CS(C)(=O)=O)c3ccn(C)c(=O)c3C3=C4C2=CN(c2ncc(F)cc2F)C4CCN3)C(C)(C)C)cc1. The Balaban J connectivity index is 0.807. The fourth-order valence-electron chi connectivity index (χ4n) is 9.86.